The molecule has 1 heterocycles. The molecule has 0 aromatic heterocycles. The number of benzene rings is 1. The van der Waals surface area contributed by atoms with Crippen molar-refractivity contribution in [2.45, 2.75) is 37.8 Å². The van der Waals surface area contributed by atoms with E-state index in [0.717, 1.165) is 12.8 Å². The SMILES string of the molecule is CN(c1ccccc1F)C1(CN)CCOC(C)(C)C1. The smallest absolute Gasteiger partial charge is 0.146 e. The molecule has 0 spiro atoms. The van der Waals surface area contributed by atoms with Gasteiger partial charge in [0.15, 0.2) is 0 Å². The number of anilines is 1. The van der Waals surface area contributed by atoms with Gasteiger partial charge in [-0.2, -0.15) is 0 Å². The first-order chi connectivity index (χ1) is 8.90. The standard InChI is InChI=1S/C15H23FN2O/c1-14(2)10-15(11-17,8-9-19-14)18(3)13-7-5-4-6-12(13)16/h4-7H,8-11,17H2,1-3H3. The number of ether oxygens (including phenoxy) is 1. The Morgan fingerprint density at radius 3 is 2.63 bits per heavy atom. The zero-order valence-electron chi connectivity index (χ0n) is 11.9. The molecule has 19 heavy (non-hydrogen) atoms. The molecule has 1 unspecified atom stereocenters. The van der Waals surface area contributed by atoms with Gasteiger partial charge in [-0.1, -0.05) is 12.1 Å². The molecule has 1 aromatic carbocycles. The van der Waals surface area contributed by atoms with Gasteiger partial charge < -0.3 is 15.4 Å². The monoisotopic (exact) mass is 266 g/mol. The first-order valence-electron chi connectivity index (χ1n) is 6.73. The molecule has 1 saturated heterocycles. The number of halogens is 1. The van der Waals surface area contributed by atoms with Gasteiger partial charge in [0.25, 0.3) is 0 Å². The van der Waals surface area contributed by atoms with E-state index < -0.39 is 0 Å². The van der Waals surface area contributed by atoms with Gasteiger partial charge in [0.05, 0.1) is 16.8 Å². The number of hydrogen-bond donors (Lipinski definition) is 1. The highest BCUT2D eigenvalue weighted by Gasteiger charge is 2.43. The van der Waals surface area contributed by atoms with Gasteiger partial charge in [-0.05, 0) is 32.4 Å². The minimum atomic E-state index is -0.246. The molecule has 2 N–H and O–H groups in total. The number of hydrogen-bond acceptors (Lipinski definition) is 3. The molecule has 1 aliphatic heterocycles. The van der Waals surface area contributed by atoms with Crippen molar-refractivity contribution >= 4 is 5.69 Å². The van der Waals surface area contributed by atoms with Crippen LogP contribution in [0.25, 0.3) is 0 Å². The quantitative estimate of drug-likeness (QED) is 0.913. The first kappa shape index (κ1) is 14.3. The van der Waals surface area contributed by atoms with Gasteiger partial charge in [-0.25, -0.2) is 4.39 Å². The highest BCUT2D eigenvalue weighted by molar-refractivity contribution is 5.50. The van der Waals surface area contributed by atoms with Crippen LogP contribution < -0.4 is 10.6 Å². The largest absolute Gasteiger partial charge is 0.375 e. The van der Waals surface area contributed by atoms with E-state index in [9.17, 15) is 4.39 Å². The second-order valence-electron chi connectivity index (χ2n) is 5.97. The van der Waals surface area contributed by atoms with Gasteiger partial charge >= 0.3 is 0 Å². The molecule has 0 bridgehead atoms. The van der Waals surface area contributed by atoms with Crippen molar-refractivity contribution in [2.75, 3.05) is 25.1 Å². The predicted molar refractivity (Wildman–Crippen MR) is 75.9 cm³/mol. The second kappa shape index (κ2) is 5.10. The maximum absolute atomic E-state index is 14.0. The number of nitrogens with two attached hydrogens (primary N) is 1. The summed E-state index contributed by atoms with van der Waals surface area (Å²) in [6.07, 6.45) is 1.61. The van der Waals surface area contributed by atoms with Crippen molar-refractivity contribution in [1.82, 2.24) is 0 Å². The number of para-hydroxylation sites is 1. The number of rotatable bonds is 3. The fourth-order valence-corrected chi connectivity index (χ4v) is 3.03. The average Bonchev–Trinajstić information content (AvgIpc) is 2.37. The van der Waals surface area contributed by atoms with E-state index in [2.05, 4.69) is 13.8 Å². The molecule has 0 amide bonds. The number of nitrogens with zero attached hydrogens (tertiary/aromatic N) is 1. The molecular formula is C15H23FN2O. The lowest BCUT2D eigenvalue weighted by Gasteiger charge is -2.50. The molecule has 1 fully saturated rings. The van der Waals surface area contributed by atoms with E-state index in [1.165, 1.54) is 6.07 Å². The molecule has 1 atom stereocenters. The molecule has 0 saturated carbocycles. The van der Waals surface area contributed by atoms with Crippen molar-refractivity contribution in [1.29, 1.82) is 0 Å². The lowest BCUT2D eigenvalue weighted by atomic mass is 9.80. The van der Waals surface area contributed by atoms with Crippen molar-refractivity contribution in [3.63, 3.8) is 0 Å². The fourth-order valence-electron chi connectivity index (χ4n) is 3.03. The summed E-state index contributed by atoms with van der Waals surface area (Å²) in [4.78, 5) is 1.99. The van der Waals surface area contributed by atoms with Crippen LogP contribution in [-0.2, 0) is 4.74 Å². The Kier molecular flexibility index (Phi) is 3.83. The lowest BCUT2D eigenvalue weighted by Crippen LogP contribution is -2.59. The van der Waals surface area contributed by atoms with Crippen molar-refractivity contribution < 1.29 is 9.13 Å². The van der Waals surface area contributed by atoms with Crippen LogP contribution in [0.15, 0.2) is 24.3 Å². The third-order valence-electron chi connectivity index (χ3n) is 4.12. The Morgan fingerprint density at radius 2 is 2.05 bits per heavy atom. The molecule has 1 aliphatic rings. The third kappa shape index (κ3) is 2.74. The summed E-state index contributed by atoms with van der Waals surface area (Å²) in [5, 5.41) is 0. The summed E-state index contributed by atoms with van der Waals surface area (Å²) < 4.78 is 19.7. The Morgan fingerprint density at radius 1 is 1.37 bits per heavy atom. The van der Waals surface area contributed by atoms with Crippen LogP contribution in [0.5, 0.6) is 0 Å². The second-order valence-corrected chi connectivity index (χ2v) is 5.97. The zero-order chi connectivity index (χ0) is 14.1. The fraction of sp³-hybridized carbons (Fsp3) is 0.600. The summed E-state index contributed by atoms with van der Waals surface area (Å²) in [5.41, 5.74) is 6.16. The van der Waals surface area contributed by atoms with E-state index >= 15 is 0 Å². The third-order valence-corrected chi connectivity index (χ3v) is 4.12. The Hall–Kier alpha value is -1.13. The molecule has 0 aliphatic carbocycles. The summed E-state index contributed by atoms with van der Waals surface area (Å²) >= 11 is 0. The van der Waals surface area contributed by atoms with E-state index in [4.69, 9.17) is 10.5 Å². The van der Waals surface area contributed by atoms with E-state index in [1.807, 2.05) is 18.0 Å². The Bertz CT molecular complexity index is 450. The van der Waals surface area contributed by atoms with Crippen molar-refractivity contribution in [3.8, 4) is 0 Å². The van der Waals surface area contributed by atoms with Crippen molar-refractivity contribution in [3.05, 3.63) is 30.1 Å². The van der Waals surface area contributed by atoms with Crippen LogP contribution in [0.1, 0.15) is 26.7 Å². The highest BCUT2D eigenvalue weighted by Crippen LogP contribution is 2.38. The van der Waals surface area contributed by atoms with Crippen LogP contribution in [0.3, 0.4) is 0 Å². The average molecular weight is 266 g/mol. The summed E-state index contributed by atoms with van der Waals surface area (Å²) in [6.45, 7) is 5.27. The van der Waals surface area contributed by atoms with E-state index in [1.54, 1.807) is 12.1 Å². The van der Waals surface area contributed by atoms with E-state index in [0.29, 0.717) is 18.8 Å². The Balaban J connectivity index is 2.33. The zero-order valence-corrected chi connectivity index (χ0v) is 11.9. The van der Waals surface area contributed by atoms with Crippen LogP contribution in [0.4, 0.5) is 10.1 Å². The molecule has 3 nitrogen and oxygen atoms in total. The predicted octanol–water partition coefficient (Wildman–Crippen LogP) is 2.55. The maximum Gasteiger partial charge on any atom is 0.146 e. The van der Waals surface area contributed by atoms with Gasteiger partial charge in [0.2, 0.25) is 0 Å². The molecule has 0 radical (unpaired) electrons. The summed E-state index contributed by atoms with van der Waals surface area (Å²) in [5.74, 6) is -0.206. The lowest BCUT2D eigenvalue weighted by molar-refractivity contribution is -0.0787. The molecule has 1 aromatic rings. The molecule has 106 valence electrons. The minimum Gasteiger partial charge on any atom is -0.375 e. The first-order valence-corrected chi connectivity index (χ1v) is 6.73. The van der Waals surface area contributed by atoms with Crippen LogP contribution >= 0.6 is 0 Å². The van der Waals surface area contributed by atoms with Gasteiger partial charge in [-0.15, -0.1) is 0 Å². The van der Waals surface area contributed by atoms with Gasteiger partial charge in [0, 0.05) is 26.6 Å². The van der Waals surface area contributed by atoms with Gasteiger partial charge in [-0.3, -0.25) is 0 Å². The van der Waals surface area contributed by atoms with Crippen molar-refractivity contribution in [2.24, 2.45) is 5.73 Å². The van der Waals surface area contributed by atoms with Gasteiger partial charge in [0.1, 0.15) is 5.82 Å². The topological polar surface area (TPSA) is 38.5 Å². The maximum atomic E-state index is 14.0. The summed E-state index contributed by atoms with van der Waals surface area (Å²) in [7, 11) is 1.92. The highest BCUT2D eigenvalue weighted by atomic mass is 19.1. The number of likely N-dealkylation sites (N-methyl/N-ethyl adjacent to an activating group) is 1. The van der Waals surface area contributed by atoms with Crippen LogP contribution in [-0.4, -0.2) is 31.3 Å². The van der Waals surface area contributed by atoms with E-state index in [-0.39, 0.29) is 17.0 Å². The summed E-state index contributed by atoms with van der Waals surface area (Å²) in [6, 6.07) is 6.84. The molecule has 2 rings (SSSR count). The Labute approximate surface area is 114 Å². The van der Waals surface area contributed by atoms with Crippen LogP contribution in [0, 0.1) is 5.82 Å². The normalized spacial score (nSPS) is 26.2. The van der Waals surface area contributed by atoms with Crippen LogP contribution in [0.2, 0.25) is 0 Å². The molecule has 4 heteroatoms. The molecular weight excluding hydrogens is 243 g/mol. The minimum absolute atomic E-state index is 0.206.